The Bertz CT molecular complexity index is 967. The van der Waals surface area contributed by atoms with Gasteiger partial charge in [-0.1, -0.05) is 42.3 Å². The van der Waals surface area contributed by atoms with Crippen LogP contribution in [0.3, 0.4) is 0 Å². The molecule has 0 fully saturated rings. The van der Waals surface area contributed by atoms with Crippen LogP contribution in [0.1, 0.15) is 37.8 Å². The van der Waals surface area contributed by atoms with E-state index in [1.165, 1.54) is 0 Å². The van der Waals surface area contributed by atoms with E-state index in [-0.39, 0.29) is 24.8 Å². The maximum absolute atomic E-state index is 13.2. The molecule has 6 nitrogen and oxygen atoms in total. The summed E-state index contributed by atoms with van der Waals surface area (Å²) in [7, 11) is 0. The summed E-state index contributed by atoms with van der Waals surface area (Å²) in [4.78, 5) is 27.4. The van der Waals surface area contributed by atoms with Crippen molar-refractivity contribution in [3.63, 3.8) is 0 Å². The van der Waals surface area contributed by atoms with E-state index in [2.05, 4.69) is 5.32 Å². The molecule has 1 N–H and O–H groups in total. The van der Waals surface area contributed by atoms with Gasteiger partial charge < -0.3 is 19.7 Å². The van der Waals surface area contributed by atoms with E-state index in [1.54, 1.807) is 30.0 Å². The van der Waals surface area contributed by atoms with E-state index in [0.29, 0.717) is 47.7 Å². The molecule has 0 radical (unpaired) electrons. The maximum Gasteiger partial charge on any atom is 0.242 e. The van der Waals surface area contributed by atoms with E-state index in [4.69, 9.17) is 32.7 Å². The third kappa shape index (κ3) is 6.30. The molecule has 2 aromatic carbocycles. The number of halogens is 2. The molecule has 1 aliphatic heterocycles. The van der Waals surface area contributed by atoms with Crippen molar-refractivity contribution in [2.45, 2.75) is 45.7 Å². The van der Waals surface area contributed by atoms with Gasteiger partial charge in [0.2, 0.25) is 11.8 Å². The fourth-order valence-corrected chi connectivity index (χ4v) is 3.92. The van der Waals surface area contributed by atoms with Crippen LogP contribution in [0, 0.1) is 0 Å². The molecule has 0 saturated carbocycles. The van der Waals surface area contributed by atoms with Crippen molar-refractivity contribution >= 4 is 35.0 Å². The molecule has 1 heterocycles. The summed E-state index contributed by atoms with van der Waals surface area (Å²) < 4.78 is 11.2. The number of rotatable bonds is 9. The zero-order chi connectivity index (χ0) is 23.1. The summed E-state index contributed by atoms with van der Waals surface area (Å²) in [6.07, 6.45) is 1.58. The molecule has 0 bridgehead atoms. The average molecular weight is 479 g/mol. The summed E-state index contributed by atoms with van der Waals surface area (Å²) in [5, 5.41) is 3.85. The van der Waals surface area contributed by atoms with E-state index in [0.717, 1.165) is 17.5 Å². The first-order valence-electron chi connectivity index (χ1n) is 10.8. The molecule has 0 spiro atoms. The van der Waals surface area contributed by atoms with Crippen molar-refractivity contribution in [3.05, 3.63) is 57.6 Å². The number of ether oxygens (including phenoxy) is 2. The number of carbonyl (C=O) groups excluding carboxylic acids is 2. The molecule has 32 heavy (non-hydrogen) atoms. The number of amides is 2. The van der Waals surface area contributed by atoms with Crippen LogP contribution in [-0.2, 0) is 22.6 Å². The lowest BCUT2D eigenvalue weighted by molar-refractivity contribution is -0.140. The fraction of sp³-hybridized carbons (Fsp3) is 0.417. The van der Waals surface area contributed by atoms with Gasteiger partial charge in [0.15, 0.2) is 11.5 Å². The second kappa shape index (κ2) is 11.4. The summed E-state index contributed by atoms with van der Waals surface area (Å²) in [6.45, 7) is 5.53. The summed E-state index contributed by atoms with van der Waals surface area (Å²) in [5.74, 6) is 1.08. The van der Waals surface area contributed by atoms with Crippen LogP contribution >= 0.6 is 23.2 Å². The predicted octanol–water partition coefficient (Wildman–Crippen LogP) is 4.64. The second-order valence-electron chi connectivity index (χ2n) is 7.70. The van der Waals surface area contributed by atoms with Crippen LogP contribution < -0.4 is 14.8 Å². The Morgan fingerprint density at radius 1 is 1.09 bits per heavy atom. The number of benzene rings is 2. The number of aryl methyl sites for hydroxylation is 1. The highest BCUT2D eigenvalue weighted by molar-refractivity contribution is 6.35. The van der Waals surface area contributed by atoms with Gasteiger partial charge in [-0.2, -0.15) is 0 Å². The predicted molar refractivity (Wildman–Crippen MR) is 126 cm³/mol. The molecular formula is C24H28Cl2N2O4. The van der Waals surface area contributed by atoms with Gasteiger partial charge in [0.1, 0.15) is 19.3 Å². The van der Waals surface area contributed by atoms with Gasteiger partial charge in [-0.05, 0) is 55.2 Å². The second-order valence-corrected chi connectivity index (χ2v) is 8.55. The number of hydrogen-bond donors (Lipinski definition) is 1. The smallest absolute Gasteiger partial charge is 0.242 e. The first-order chi connectivity index (χ1) is 15.4. The molecule has 0 aromatic heterocycles. The normalized spacial score (nSPS) is 13.4. The Morgan fingerprint density at radius 3 is 2.56 bits per heavy atom. The quantitative estimate of drug-likeness (QED) is 0.569. The summed E-state index contributed by atoms with van der Waals surface area (Å²) >= 11 is 12.3. The van der Waals surface area contributed by atoms with Crippen LogP contribution in [-0.4, -0.2) is 42.5 Å². The van der Waals surface area contributed by atoms with Crippen molar-refractivity contribution in [2.24, 2.45) is 0 Å². The summed E-state index contributed by atoms with van der Waals surface area (Å²) in [5.41, 5.74) is 1.70. The Morgan fingerprint density at radius 2 is 1.84 bits per heavy atom. The van der Waals surface area contributed by atoms with Crippen LogP contribution in [0.15, 0.2) is 36.4 Å². The Labute approximate surface area is 198 Å². The molecule has 0 aliphatic carbocycles. The average Bonchev–Trinajstić information content (AvgIpc) is 2.80. The van der Waals surface area contributed by atoms with Gasteiger partial charge in [-0.15, -0.1) is 0 Å². The molecule has 8 heteroatoms. The minimum atomic E-state index is -0.638. The Balaban J connectivity index is 1.73. The standard InChI is InChI=1S/C24H28Cl2N2O4/c1-3-10-27-24(30)16(2)28(15-18-6-7-19(25)14-20(18)26)23(29)9-5-17-4-8-21-22(13-17)32-12-11-31-21/h4,6-8,13-14,16H,3,5,9-12,15H2,1-2H3,(H,27,30)/t16-/m0/s1. The Hall–Kier alpha value is -2.44. The lowest BCUT2D eigenvalue weighted by Crippen LogP contribution is -2.47. The third-order valence-electron chi connectivity index (χ3n) is 5.31. The van der Waals surface area contributed by atoms with E-state index in [1.807, 2.05) is 25.1 Å². The number of nitrogens with one attached hydrogen (secondary N) is 1. The van der Waals surface area contributed by atoms with Crippen molar-refractivity contribution < 1.29 is 19.1 Å². The monoisotopic (exact) mass is 478 g/mol. The van der Waals surface area contributed by atoms with Crippen molar-refractivity contribution in [1.29, 1.82) is 0 Å². The van der Waals surface area contributed by atoms with Crippen LogP contribution in [0.25, 0.3) is 0 Å². The number of hydrogen-bond acceptors (Lipinski definition) is 4. The number of carbonyl (C=O) groups is 2. The first-order valence-corrected chi connectivity index (χ1v) is 11.5. The minimum Gasteiger partial charge on any atom is -0.486 e. The first kappa shape index (κ1) is 24.2. The molecule has 2 amide bonds. The molecule has 1 atom stereocenters. The topological polar surface area (TPSA) is 67.9 Å². The number of fused-ring (bicyclic) bond motifs is 1. The molecular weight excluding hydrogens is 451 g/mol. The zero-order valence-electron chi connectivity index (χ0n) is 18.3. The van der Waals surface area contributed by atoms with Gasteiger partial charge in [-0.3, -0.25) is 9.59 Å². The van der Waals surface area contributed by atoms with Crippen molar-refractivity contribution in [1.82, 2.24) is 10.2 Å². The molecule has 0 saturated heterocycles. The highest BCUT2D eigenvalue weighted by Crippen LogP contribution is 2.31. The van der Waals surface area contributed by atoms with Crippen molar-refractivity contribution in [3.8, 4) is 11.5 Å². The van der Waals surface area contributed by atoms with Gasteiger partial charge in [-0.25, -0.2) is 0 Å². The van der Waals surface area contributed by atoms with E-state index >= 15 is 0 Å². The van der Waals surface area contributed by atoms with Crippen LogP contribution in [0.2, 0.25) is 10.0 Å². The van der Waals surface area contributed by atoms with Crippen LogP contribution in [0.4, 0.5) is 0 Å². The van der Waals surface area contributed by atoms with E-state index < -0.39 is 6.04 Å². The van der Waals surface area contributed by atoms with Gasteiger partial charge >= 0.3 is 0 Å². The lowest BCUT2D eigenvalue weighted by Gasteiger charge is -2.29. The maximum atomic E-state index is 13.2. The van der Waals surface area contributed by atoms with E-state index in [9.17, 15) is 9.59 Å². The molecule has 0 unspecified atom stereocenters. The largest absolute Gasteiger partial charge is 0.486 e. The SMILES string of the molecule is CCCNC(=O)[C@H](C)N(Cc1ccc(Cl)cc1Cl)C(=O)CCc1ccc2c(c1)OCCO2. The Kier molecular flexibility index (Phi) is 8.65. The molecule has 172 valence electrons. The third-order valence-corrected chi connectivity index (χ3v) is 5.89. The van der Waals surface area contributed by atoms with Gasteiger partial charge in [0, 0.05) is 29.6 Å². The molecule has 2 aromatic rings. The van der Waals surface area contributed by atoms with Gasteiger partial charge in [0.25, 0.3) is 0 Å². The molecule has 1 aliphatic rings. The summed E-state index contributed by atoms with van der Waals surface area (Å²) in [6, 6.07) is 10.2. The van der Waals surface area contributed by atoms with Crippen molar-refractivity contribution in [2.75, 3.05) is 19.8 Å². The molecule has 3 rings (SSSR count). The highest BCUT2D eigenvalue weighted by atomic mass is 35.5. The fourth-order valence-electron chi connectivity index (χ4n) is 3.45. The zero-order valence-corrected chi connectivity index (χ0v) is 19.8. The number of nitrogens with zero attached hydrogens (tertiary/aromatic N) is 1. The van der Waals surface area contributed by atoms with Gasteiger partial charge in [0.05, 0.1) is 0 Å². The lowest BCUT2D eigenvalue weighted by atomic mass is 10.1. The highest BCUT2D eigenvalue weighted by Gasteiger charge is 2.26. The van der Waals surface area contributed by atoms with Crippen LogP contribution in [0.5, 0.6) is 11.5 Å². The minimum absolute atomic E-state index is 0.134.